The standard InChI is InChI=1S/C8H16N4O/c1-4-12(5-2)6(3)7-10-11-8(9)13-7/h6H,4-5H2,1-3H3,(H2,9,11). The van der Waals surface area contributed by atoms with Gasteiger partial charge in [0.15, 0.2) is 0 Å². The molecule has 0 saturated heterocycles. The minimum Gasteiger partial charge on any atom is -0.407 e. The van der Waals surface area contributed by atoms with Gasteiger partial charge in [-0.15, -0.1) is 5.10 Å². The van der Waals surface area contributed by atoms with E-state index in [4.69, 9.17) is 10.2 Å². The van der Waals surface area contributed by atoms with Crippen LogP contribution in [0.5, 0.6) is 0 Å². The molecule has 13 heavy (non-hydrogen) atoms. The topological polar surface area (TPSA) is 68.2 Å². The molecule has 0 amide bonds. The predicted octanol–water partition coefficient (Wildman–Crippen LogP) is 1.05. The largest absolute Gasteiger partial charge is 0.407 e. The van der Waals surface area contributed by atoms with E-state index >= 15 is 0 Å². The molecule has 0 aliphatic carbocycles. The molecular formula is C8H16N4O. The summed E-state index contributed by atoms with van der Waals surface area (Å²) in [5.41, 5.74) is 5.34. The van der Waals surface area contributed by atoms with Gasteiger partial charge in [0.1, 0.15) is 0 Å². The molecule has 0 aliphatic heterocycles. The van der Waals surface area contributed by atoms with Crippen LogP contribution in [0.1, 0.15) is 32.7 Å². The molecular weight excluding hydrogens is 168 g/mol. The van der Waals surface area contributed by atoms with Crippen LogP contribution in [0.25, 0.3) is 0 Å². The Kier molecular flexibility index (Phi) is 3.25. The Morgan fingerprint density at radius 2 is 2.00 bits per heavy atom. The second-order valence-electron chi connectivity index (χ2n) is 2.88. The van der Waals surface area contributed by atoms with Crippen molar-refractivity contribution in [3.63, 3.8) is 0 Å². The normalized spacial score (nSPS) is 13.5. The third-order valence-electron chi connectivity index (χ3n) is 2.17. The van der Waals surface area contributed by atoms with Crippen molar-refractivity contribution in [1.29, 1.82) is 0 Å². The van der Waals surface area contributed by atoms with Crippen LogP contribution in [0, 0.1) is 0 Å². The molecule has 1 rings (SSSR count). The Balaban J connectivity index is 2.71. The van der Waals surface area contributed by atoms with Crippen LogP contribution in [-0.2, 0) is 0 Å². The molecule has 0 bridgehead atoms. The Labute approximate surface area is 77.9 Å². The van der Waals surface area contributed by atoms with E-state index in [1.807, 2.05) is 6.92 Å². The first-order chi connectivity index (χ1) is 6.19. The molecule has 1 atom stereocenters. The molecule has 0 aliphatic rings. The number of hydrogen-bond acceptors (Lipinski definition) is 5. The number of nitrogens with zero attached hydrogens (tertiary/aromatic N) is 3. The Morgan fingerprint density at radius 1 is 1.38 bits per heavy atom. The van der Waals surface area contributed by atoms with E-state index in [1.54, 1.807) is 0 Å². The molecule has 0 fully saturated rings. The highest BCUT2D eigenvalue weighted by atomic mass is 16.4. The van der Waals surface area contributed by atoms with Crippen LogP contribution in [0.4, 0.5) is 6.01 Å². The van der Waals surface area contributed by atoms with Gasteiger partial charge in [-0.1, -0.05) is 18.9 Å². The second-order valence-corrected chi connectivity index (χ2v) is 2.88. The second kappa shape index (κ2) is 4.23. The van der Waals surface area contributed by atoms with Crippen molar-refractivity contribution in [3.05, 3.63) is 5.89 Å². The van der Waals surface area contributed by atoms with Crippen LogP contribution >= 0.6 is 0 Å². The fourth-order valence-corrected chi connectivity index (χ4v) is 1.34. The number of rotatable bonds is 4. The summed E-state index contributed by atoms with van der Waals surface area (Å²) < 4.78 is 5.14. The van der Waals surface area contributed by atoms with Gasteiger partial charge >= 0.3 is 6.01 Å². The summed E-state index contributed by atoms with van der Waals surface area (Å²) in [4.78, 5) is 2.22. The van der Waals surface area contributed by atoms with Crippen LogP contribution < -0.4 is 5.73 Å². The lowest BCUT2D eigenvalue weighted by atomic mass is 10.3. The van der Waals surface area contributed by atoms with Crippen molar-refractivity contribution >= 4 is 6.01 Å². The zero-order valence-corrected chi connectivity index (χ0v) is 8.32. The van der Waals surface area contributed by atoms with E-state index < -0.39 is 0 Å². The third kappa shape index (κ3) is 2.18. The van der Waals surface area contributed by atoms with Gasteiger partial charge in [-0.05, 0) is 20.0 Å². The summed E-state index contributed by atoms with van der Waals surface area (Å²) in [7, 11) is 0. The zero-order chi connectivity index (χ0) is 9.84. The van der Waals surface area contributed by atoms with E-state index in [9.17, 15) is 0 Å². The number of nitrogen functional groups attached to an aromatic ring is 1. The van der Waals surface area contributed by atoms with Crippen molar-refractivity contribution in [2.45, 2.75) is 26.8 Å². The Hall–Kier alpha value is -1.10. The lowest BCUT2D eigenvalue weighted by molar-refractivity contribution is 0.203. The first kappa shape index (κ1) is 9.98. The fraction of sp³-hybridized carbons (Fsp3) is 0.750. The SMILES string of the molecule is CCN(CC)C(C)c1nnc(N)o1. The van der Waals surface area contributed by atoms with Crippen molar-refractivity contribution in [3.8, 4) is 0 Å². The van der Waals surface area contributed by atoms with Crippen molar-refractivity contribution in [2.24, 2.45) is 0 Å². The molecule has 5 nitrogen and oxygen atoms in total. The number of hydrogen-bond donors (Lipinski definition) is 1. The highest BCUT2D eigenvalue weighted by Crippen LogP contribution is 2.18. The number of nitrogens with two attached hydrogens (primary N) is 1. The van der Waals surface area contributed by atoms with Crippen molar-refractivity contribution in [1.82, 2.24) is 15.1 Å². The van der Waals surface area contributed by atoms with Gasteiger partial charge in [0.05, 0.1) is 6.04 Å². The molecule has 0 aromatic carbocycles. The van der Waals surface area contributed by atoms with Gasteiger partial charge in [-0.3, -0.25) is 4.90 Å². The lowest BCUT2D eigenvalue weighted by Crippen LogP contribution is -2.26. The molecule has 1 heterocycles. The summed E-state index contributed by atoms with van der Waals surface area (Å²) in [6.45, 7) is 8.14. The smallest absolute Gasteiger partial charge is 0.312 e. The maximum Gasteiger partial charge on any atom is 0.312 e. The molecule has 2 N–H and O–H groups in total. The first-order valence-electron chi connectivity index (χ1n) is 4.52. The molecule has 0 radical (unpaired) electrons. The van der Waals surface area contributed by atoms with E-state index in [2.05, 4.69) is 28.9 Å². The lowest BCUT2D eigenvalue weighted by Gasteiger charge is -2.22. The first-order valence-corrected chi connectivity index (χ1v) is 4.52. The Morgan fingerprint density at radius 3 is 2.38 bits per heavy atom. The highest BCUT2D eigenvalue weighted by molar-refractivity contribution is 5.06. The van der Waals surface area contributed by atoms with E-state index in [-0.39, 0.29) is 12.1 Å². The van der Waals surface area contributed by atoms with Crippen LogP contribution in [0.2, 0.25) is 0 Å². The number of aromatic nitrogens is 2. The molecule has 1 aromatic heterocycles. The molecule has 5 heteroatoms. The molecule has 1 aromatic rings. The van der Waals surface area contributed by atoms with Gasteiger partial charge in [-0.25, -0.2) is 0 Å². The van der Waals surface area contributed by atoms with Gasteiger partial charge in [0.2, 0.25) is 5.89 Å². The Bertz CT molecular complexity index is 256. The van der Waals surface area contributed by atoms with Crippen molar-refractivity contribution in [2.75, 3.05) is 18.8 Å². The summed E-state index contributed by atoms with van der Waals surface area (Å²) in [6.07, 6.45) is 0. The average Bonchev–Trinajstić information content (AvgIpc) is 2.54. The molecule has 74 valence electrons. The summed E-state index contributed by atoms with van der Waals surface area (Å²) >= 11 is 0. The fourth-order valence-electron chi connectivity index (χ4n) is 1.34. The minimum atomic E-state index is 0.133. The van der Waals surface area contributed by atoms with Crippen LogP contribution in [0.3, 0.4) is 0 Å². The van der Waals surface area contributed by atoms with E-state index in [0.29, 0.717) is 5.89 Å². The van der Waals surface area contributed by atoms with Gasteiger partial charge < -0.3 is 10.2 Å². The maximum atomic E-state index is 5.34. The summed E-state index contributed by atoms with van der Waals surface area (Å²) in [5, 5.41) is 7.47. The molecule has 0 saturated carbocycles. The zero-order valence-electron chi connectivity index (χ0n) is 8.32. The summed E-state index contributed by atoms with van der Waals surface area (Å²) in [5.74, 6) is 0.584. The average molecular weight is 184 g/mol. The van der Waals surface area contributed by atoms with Gasteiger partial charge in [0.25, 0.3) is 0 Å². The van der Waals surface area contributed by atoms with E-state index in [1.165, 1.54) is 0 Å². The van der Waals surface area contributed by atoms with Crippen molar-refractivity contribution < 1.29 is 4.42 Å². The maximum absolute atomic E-state index is 5.34. The molecule has 1 unspecified atom stereocenters. The van der Waals surface area contributed by atoms with Gasteiger partial charge in [0, 0.05) is 0 Å². The predicted molar refractivity (Wildman–Crippen MR) is 50.0 cm³/mol. The summed E-state index contributed by atoms with van der Waals surface area (Å²) in [6, 6.07) is 0.272. The number of anilines is 1. The minimum absolute atomic E-state index is 0.133. The van der Waals surface area contributed by atoms with Crippen LogP contribution in [-0.4, -0.2) is 28.2 Å². The van der Waals surface area contributed by atoms with E-state index in [0.717, 1.165) is 13.1 Å². The monoisotopic (exact) mass is 184 g/mol. The molecule has 0 spiro atoms. The van der Waals surface area contributed by atoms with Crippen LogP contribution in [0.15, 0.2) is 4.42 Å². The third-order valence-corrected chi connectivity index (χ3v) is 2.17. The van der Waals surface area contributed by atoms with Gasteiger partial charge in [-0.2, -0.15) is 0 Å². The highest BCUT2D eigenvalue weighted by Gasteiger charge is 2.17. The quantitative estimate of drug-likeness (QED) is 0.757.